The molecule has 3 atom stereocenters. The van der Waals surface area contributed by atoms with Crippen LogP contribution in [0.1, 0.15) is 39.2 Å². The normalized spacial score (nSPS) is 31.6. The van der Waals surface area contributed by atoms with Crippen LogP contribution >= 0.6 is 0 Å². The molecule has 2 aliphatic rings. The second kappa shape index (κ2) is 5.08. The van der Waals surface area contributed by atoms with Crippen molar-refractivity contribution in [3.8, 4) is 0 Å². The fourth-order valence-electron chi connectivity index (χ4n) is 3.72. The third-order valence-electron chi connectivity index (χ3n) is 5.53. The average Bonchev–Trinajstić information content (AvgIpc) is 2.97. The highest BCUT2D eigenvalue weighted by atomic mass is 32.2. The Hall–Kier alpha value is -1.36. The van der Waals surface area contributed by atoms with Crippen molar-refractivity contribution in [2.45, 2.75) is 45.4 Å². The maximum absolute atomic E-state index is 12.3. The van der Waals surface area contributed by atoms with E-state index in [0.717, 1.165) is 30.0 Å². The van der Waals surface area contributed by atoms with E-state index in [0.29, 0.717) is 17.3 Å². The van der Waals surface area contributed by atoms with Crippen molar-refractivity contribution in [3.05, 3.63) is 29.8 Å². The monoisotopic (exact) mass is 320 g/mol. The van der Waals surface area contributed by atoms with Gasteiger partial charge in [-0.05, 0) is 55.1 Å². The lowest BCUT2D eigenvalue weighted by molar-refractivity contribution is 0.495. The summed E-state index contributed by atoms with van der Waals surface area (Å²) in [5, 5.41) is 4.26. The zero-order valence-electron chi connectivity index (χ0n) is 13.6. The summed E-state index contributed by atoms with van der Waals surface area (Å²) in [6, 6.07) is 6.81. The molecule has 0 aliphatic heterocycles. The molecule has 0 aromatic heterocycles. The van der Waals surface area contributed by atoms with Crippen molar-refractivity contribution < 1.29 is 8.42 Å². The fraction of sp³-hybridized carbons (Fsp3) is 0.588. The lowest BCUT2D eigenvalue weighted by Crippen LogP contribution is -2.25. The maximum Gasteiger partial charge on any atom is 0.276 e. The summed E-state index contributed by atoms with van der Waals surface area (Å²) >= 11 is 0. The molecule has 3 rings (SSSR count). The van der Waals surface area contributed by atoms with Crippen molar-refractivity contribution in [1.29, 1.82) is 0 Å². The Labute approximate surface area is 133 Å². The van der Waals surface area contributed by atoms with Crippen LogP contribution in [-0.2, 0) is 10.0 Å². The molecular weight excluding hydrogens is 296 g/mol. The molecule has 0 amide bonds. The van der Waals surface area contributed by atoms with Crippen LogP contribution in [0.2, 0.25) is 0 Å². The molecule has 0 radical (unpaired) electrons. The predicted octanol–water partition coefficient (Wildman–Crippen LogP) is 3.33. The standard InChI is InChI=1S/C17H24N2O2S/c1-11-5-7-13(8-6-11)22(20,21)19-18-16-10-15-14(9-12(16)2)17(15,3)4/h5-8,12,14-15,19H,9-10H2,1-4H3/b18-16-/t12-,14+,15+/m0/s1. The van der Waals surface area contributed by atoms with Gasteiger partial charge < -0.3 is 0 Å². The third kappa shape index (κ3) is 2.67. The number of hydrogen-bond donors (Lipinski definition) is 1. The molecule has 1 aromatic carbocycles. The summed E-state index contributed by atoms with van der Waals surface area (Å²) in [7, 11) is -3.57. The molecule has 4 nitrogen and oxygen atoms in total. The second-order valence-electron chi connectivity index (χ2n) is 7.39. The Morgan fingerprint density at radius 1 is 1.18 bits per heavy atom. The first-order valence-corrected chi connectivity index (χ1v) is 9.35. The summed E-state index contributed by atoms with van der Waals surface area (Å²) in [4.78, 5) is 2.68. The van der Waals surface area contributed by atoms with Gasteiger partial charge in [-0.15, -0.1) is 0 Å². The molecule has 22 heavy (non-hydrogen) atoms. The second-order valence-corrected chi connectivity index (χ2v) is 9.05. The first-order chi connectivity index (χ1) is 10.2. The first kappa shape index (κ1) is 15.5. The number of hydrogen-bond acceptors (Lipinski definition) is 3. The molecule has 0 saturated heterocycles. The van der Waals surface area contributed by atoms with Gasteiger partial charge >= 0.3 is 0 Å². The zero-order valence-corrected chi connectivity index (χ0v) is 14.4. The minimum Gasteiger partial charge on any atom is -0.200 e. The van der Waals surface area contributed by atoms with E-state index in [2.05, 4.69) is 30.7 Å². The van der Waals surface area contributed by atoms with Gasteiger partial charge in [-0.1, -0.05) is 38.5 Å². The highest BCUT2D eigenvalue weighted by molar-refractivity contribution is 7.89. The van der Waals surface area contributed by atoms with Crippen LogP contribution in [0, 0.1) is 30.1 Å². The summed E-state index contributed by atoms with van der Waals surface area (Å²) in [6.07, 6.45) is 2.03. The van der Waals surface area contributed by atoms with Gasteiger partial charge in [0.2, 0.25) is 0 Å². The fourth-order valence-corrected chi connectivity index (χ4v) is 4.56. The number of nitrogens with zero attached hydrogens (tertiary/aromatic N) is 1. The number of rotatable bonds is 3. The molecule has 1 aromatic rings. The van der Waals surface area contributed by atoms with Crippen molar-refractivity contribution in [2.24, 2.45) is 28.3 Å². The van der Waals surface area contributed by atoms with Gasteiger partial charge in [-0.3, -0.25) is 0 Å². The minimum atomic E-state index is -3.57. The lowest BCUT2D eigenvalue weighted by atomic mass is 9.89. The number of nitrogens with one attached hydrogen (secondary N) is 1. The Balaban J connectivity index is 1.74. The smallest absolute Gasteiger partial charge is 0.200 e. The molecule has 2 saturated carbocycles. The van der Waals surface area contributed by atoms with Crippen LogP contribution in [0.25, 0.3) is 0 Å². The SMILES string of the molecule is Cc1ccc(S(=O)(=O)N/N=C2/C[C@@H]3[C@@H](C[C@@H]2C)C3(C)C)cc1. The molecule has 5 heteroatoms. The van der Waals surface area contributed by atoms with Crippen LogP contribution in [0.3, 0.4) is 0 Å². The molecule has 0 heterocycles. The summed E-state index contributed by atoms with van der Waals surface area (Å²) in [6.45, 7) is 8.67. The van der Waals surface area contributed by atoms with Crippen LogP contribution < -0.4 is 4.83 Å². The van der Waals surface area contributed by atoms with E-state index in [9.17, 15) is 8.42 Å². The summed E-state index contributed by atoms with van der Waals surface area (Å²) < 4.78 is 24.6. The van der Waals surface area contributed by atoms with Crippen LogP contribution in [0.15, 0.2) is 34.3 Å². The maximum atomic E-state index is 12.3. The van der Waals surface area contributed by atoms with Gasteiger partial charge in [0.25, 0.3) is 10.0 Å². The first-order valence-electron chi connectivity index (χ1n) is 7.87. The van der Waals surface area contributed by atoms with E-state index in [1.807, 2.05) is 6.92 Å². The topological polar surface area (TPSA) is 58.5 Å². The van der Waals surface area contributed by atoms with Gasteiger partial charge in [-0.25, -0.2) is 4.83 Å². The summed E-state index contributed by atoms with van der Waals surface area (Å²) in [5.74, 6) is 1.78. The van der Waals surface area contributed by atoms with Gasteiger partial charge in [-0.2, -0.15) is 13.5 Å². The zero-order chi connectivity index (χ0) is 16.1. The minimum absolute atomic E-state index is 0.260. The van der Waals surface area contributed by atoms with Gasteiger partial charge in [0.1, 0.15) is 0 Å². The van der Waals surface area contributed by atoms with Crippen molar-refractivity contribution in [1.82, 2.24) is 4.83 Å². The predicted molar refractivity (Wildman–Crippen MR) is 88.1 cm³/mol. The van der Waals surface area contributed by atoms with E-state index in [1.54, 1.807) is 24.3 Å². The van der Waals surface area contributed by atoms with E-state index in [-0.39, 0.29) is 4.90 Å². The molecule has 2 fully saturated rings. The molecule has 2 aliphatic carbocycles. The molecule has 120 valence electrons. The molecular formula is C17H24N2O2S. The number of sulfonamides is 1. The highest BCUT2D eigenvalue weighted by Gasteiger charge is 2.60. The largest absolute Gasteiger partial charge is 0.276 e. The Kier molecular flexibility index (Phi) is 3.59. The van der Waals surface area contributed by atoms with E-state index < -0.39 is 10.0 Å². The average molecular weight is 320 g/mol. The molecule has 0 unspecified atom stereocenters. The molecule has 1 N–H and O–H groups in total. The molecule has 0 spiro atoms. The molecule has 0 bridgehead atoms. The van der Waals surface area contributed by atoms with Crippen molar-refractivity contribution in [2.75, 3.05) is 0 Å². The quantitative estimate of drug-likeness (QED) is 0.868. The van der Waals surface area contributed by atoms with E-state index in [1.165, 1.54) is 0 Å². The van der Waals surface area contributed by atoms with Gasteiger partial charge in [0.05, 0.1) is 4.90 Å². The number of hydrazone groups is 1. The van der Waals surface area contributed by atoms with E-state index >= 15 is 0 Å². The Bertz CT molecular complexity index is 705. The van der Waals surface area contributed by atoms with Crippen molar-refractivity contribution in [3.63, 3.8) is 0 Å². The number of benzene rings is 1. The Morgan fingerprint density at radius 3 is 2.45 bits per heavy atom. The van der Waals surface area contributed by atoms with Crippen LogP contribution in [0.5, 0.6) is 0 Å². The Morgan fingerprint density at radius 2 is 1.82 bits per heavy atom. The third-order valence-corrected chi connectivity index (χ3v) is 6.76. The van der Waals surface area contributed by atoms with E-state index in [4.69, 9.17) is 0 Å². The highest BCUT2D eigenvalue weighted by Crippen LogP contribution is 2.65. The van der Waals surface area contributed by atoms with Gasteiger partial charge in [0.15, 0.2) is 0 Å². The number of aryl methyl sites for hydroxylation is 1. The van der Waals surface area contributed by atoms with Crippen molar-refractivity contribution >= 4 is 15.7 Å². The van der Waals surface area contributed by atoms with Gasteiger partial charge in [0, 0.05) is 5.71 Å². The summed E-state index contributed by atoms with van der Waals surface area (Å²) in [5.41, 5.74) is 2.41. The number of fused-ring (bicyclic) bond motifs is 1. The van der Waals surface area contributed by atoms with Crippen LogP contribution in [-0.4, -0.2) is 14.1 Å². The van der Waals surface area contributed by atoms with Crippen LogP contribution in [0.4, 0.5) is 0 Å². The lowest BCUT2D eigenvalue weighted by Gasteiger charge is -2.19.